The van der Waals surface area contributed by atoms with Crippen molar-refractivity contribution < 1.29 is 4.79 Å². The summed E-state index contributed by atoms with van der Waals surface area (Å²) in [6.45, 7) is 0. The maximum Gasteiger partial charge on any atom is 0.193 e. The average Bonchev–Trinajstić information content (AvgIpc) is 3.50. The van der Waals surface area contributed by atoms with Crippen LogP contribution in [0.3, 0.4) is 0 Å². The molecule has 1 nitrogen and oxygen atoms in total. The summed E-state index contributed by atoms with van der Waals surface area (Å²) >= 11 is 0. The first-order chi connectivity index (χ1) is 36.6. The molecule has 348 valence electrons. The molecule has 0 radical (unpaired) electrons. The Kier molecular flexibility index (Phi) is 12.6. The molecule has 74 heavy (non-hydrogen) atoms. The molecular formula is C73H50O. The number of hydrogen-bond acceptors (Lipinski definition) is 1. The Hall–Kier alpha value is -9.69. The van der Waals surface area contributed by atoms with Crippen LogP contribution in [0, 0.1) is 0 Å². The van der Waals surface area contributed by atoms with E-state index in [1.165, 1.54) is 0 Å². The van der Waals surface area contributed by atoms with Gasteiger partial charge < -0.3 is 0 Å². The molecule has 0 saturated carbocycles. The van der Waals surface area contributed by atoms with Gasteiger partial charge in [-0.1, -0.05) is 231 Å². The second-order valence-electron chi connectivity index (χ2n) is 18.8. The van der Waals surface area contributed by atoms with Crippen LogP contribution in [0.15, 0.2) is 303 Å². The van der Waals surface area contributed by atoms with Gasteiger partial charge in [0.05, 0.1) is 0 Å². The minimum atomic E-state index is -0.0562. The van der Waals surface area contributed by atoms with E-state index in [4.69, 9.17) is 0 Å². The zero-order chi connectivity index (χ0) is 49.6. The number of carbonyl (C=O) groups is 1. The zero-order valence-electron chi connectivity index (χ0n) is 40.8. The van der Waals surface area contributed by atoms with Crippen molar-refractivity contribution in [3.8, 4) is 111 Å². The molecule has 0 aliphatic rings. The summed E-state index contributed by atoms with van der Waals surface area (Å²) in [5.74, 6) is -0.0562. The molecule has 0 aromatic heterocycles. The Balaban J connectivity index is 1.08. The van der Waals surface area contributed by atoms with E-state index in [9.17, 15) is 0 Å². The highest BCUT2D eigenvalue weighted by molar-refractivity contribution is 6.12. The fourth-order valence-corrected chi connectivity index (χ4v) is 10.2. The lowest BCUT2D eigenvalue weighted by Gasteiger charge is -2.17. The van der Waals surface area contributed by atoms with Gasteiger partial charge in [-0.15, -0.1) is 0 Å². The molecule has 0 fully saturated rings. The van der Waals surface area contributed by atoms with Gasteiger partial charge in [-0.3, -0.25) is 4.79 Å². The lowest BCUT2D eigenvalue weighted by molar-refractivity contribution is 0.103. The predicted octanol–water partition coefficient (Wildman–Crippen LogP) is 19.6. The fraction of sp³-hybridized carbons (Fsp3) is 0. The van der Waals surface area contributed by atoms with E-state index in [2.05, 4.69) is 291 Å². The second kappa shape index (κ2) is 20.6. The highest BCUT2D eigenvalue weighted by Gasteiger charge is 2.20. The summed E-state index contributed by atoms with van der Waals surface area (Å²) in [6.07, 6.45) is 0. The van der Waals surface area contributed by atoms with Crippen molar-refractivity contribution in [2.75, 3.05) is 0 Å². The lowest BCUT2D eigenvalue weighted by atomic mass is 9.86. The number of ketones is 1. The van der Waals surface area contributed by atoms with E-state index >= 15 is 4.79 Å². The first-order valence-electron chi connectivity index (χ1n) is 25.2. The zero-order valence-corrected chi connectivity index (χ0v) is 40.8. The molecule has 0 N–H and O–H groups in total. The third-order valence-corrected chi connectivity index (χ3v) is 14.0. The minimum Gasteiger partial charge on any atom is -0.289 e. The van der Waals surface area contributed by atoms with Gasteiger partial charge in [-0.25, -0.2) is 0 Å². The first kappa shape index (κ1) is 45.4. The molecule has 12 aromatic rings. The largest absolute Gasteiger partial charge is 0.289 e. The second-order valence-corrected chi connectivity index (χ2v) is 18.8. The van der Waals surface area contributed by atoms with E-state index in [1.54, 1.807) is 0 Å². The Morgan fingerprint density at radius 3 is 0.797 bits per heavy atom. The van der Waals surface area contributed by atoms with Crippen LogP contribution in [0.4, 0.5) is 0 Å². The van der Waals surface area contributed by atoms with Gasteiger partial charge in [0.25, 0.3) is 0 Å². The fourth-order valence-electron chi connectivity index (χ4n) is 10.2. The van der Waals surface area contributed by atoms with Crippen molar-refractivity contribution in [3.05, 3.63) is 314 Å². The third-order valence-electron chi connectivity index (χ3n) is 14.0. The molecule has 0 bridgehead atoms. The summed E-state index contributed by atoms with van der Waals surface area (Å²) < 4.78 is 0. The molecule has 12 rings (SSSR count). The van der Waals surface area contributed by atoms with Crippen molar-refractivity contribution in [2.24, 2.45) is 0 Å². The Labute approximate surface area is 434 Å². The SMILES string of the molecule is O=C(c1cc(-c2cccc(-c3ccccc3)c2)cc(-c2cccc(-c3ccccc3)c2)c1)c1cc(-c2cc(-c3ccccc3)cc(-c3ccccc3)c2)cc(-c2ccc(-c3ccccc3)cc2-c2ccccc2)c1. The van der Waals surface area contributed by atoms with Crippen molar-refractivity contribution >= 4 is 5.78 Å². The van der Waals surface area contributed by atoms with Gasteiger partial charge in [-0.05, 0) is 184 Å². The van der Waals surface area contributed by atoms with Gasteiger partial charge in [0, 0.05) is 11.1 Å². The topological polar surface area (TPSA) is 17.1 Å². The van der Waals surface area contributed by atoms with Crippen LogP contribution in [0.2, 0.25) is 0 Å². The maximum absolute atomic E-state index is 15.9. The van der Waals surface area contributed by atoms with Crippen LogP contribution >= 0.6 is 0 Å². The monoisotopic (exact) mass is 942 g/mol. The van der Waals surface area contributed by atoms with E-state index in [0.717, 1.165) is 111 Å². The number of hydrogen-bond donors (Lipinski definition) is 0. The van der Waals surface area contributed by atoms with Crippen LogP contribution in [-0.4, -0.2) is 5.78 Å². The van der Waals surface area contributed by atoms with Crippen LogP contribution in [0.1, 0.15) is 15.9 Å². The van der Waals surface area contributed by atoms with Gasteiger partial charge >= 0.3 is 0 Å². The molecule has 0 amide bonds. The highest BCUT2D eigenvalue weighted by atomic mass is 16.1. The Bertz CT molecular complexity index is 3760. The standard InChI is InChI=1S/C73H50O/c74-73(69-46-64(59-35-19-33-57(39-59)51-21-7-1-8-22-51)44-65(47-69)60-36-20-34-58(40-60)52-23-9-2-10-24-52)70-48-67(66-42-62(54-27-13-4-14-28-54)41-63(43-66)55-29-15-5-16-30-55)45-68(49-70)71-38-37-61(53-25-11-3-12-26-53)50-72(71)56-31-17-6-18-32-56/h1-50H. The number of carbonyl (C=O) groups excluding carboxylic acids is 1. The van der Waals surface area contributed by atoms with Crippen molar-refractivity contribution in [1.82, 2.24) is 0 Å². The maximum atomic E-state index is 15.9. The van der Waals surface area contributed by atoms with E-state index in [0.29, 0.717) is 11.1 Å². The van der Waals surface area contributed by atoms with Crippen LogP contribution in [-0.2, 0) is 0 Å². The lowest BCUT2D eigenvalue weighted by Crippen LogP contribution is -2.04. The molecule has 0 saturated heterocycles. The van der Waals surface area contributed by atoms with Crippen molar-refractivity contribution in [1.29, 1.82) is 0 Å². The summed E-state index contributed by atoms with van der Waals surface area (Å²) in [4.78, 5) is 15.9. The number of benzene rings is 12. The molecule has 1 heteroatoms. The first-order valence-corrected chi connectivity index (χ1v) is 25.2. The quantitative estimate of drug-likeness (QED) is 0.112. The van der Waals surface area contributed by atoms with Crippen LogP contribution in [0.25, 0.3) is 111 Å². The number of rotatable bonds is 12. The molecule has 0 spiro atoms. The summed E-state index contributed by atoms with van der Waals surface area (Å²) in [7, 11) is 0. The summed E-state index contributed by atoms with van der Waals surface area (Å²) in [5, 5.41) is 0. The average molecular weight is 943 g/mol. The predicted molar refractivity (Wildman–Crippen MR) is 311 cm³/mol. The van der Waals surface area contributed by atoms with E-state index in [-0.39, 0.29) is 5.78 Å². The highest BCUT2D eigenvalue weighted by Crippen LogP contribution is 2.41. The van der Waals surface area contributed by atoms with E-state index < -0.39 is 0 Å². The molecule has 0 aliphatic heterocycles. The van der Waals surface area contributed by atoms with Gasteiger partial charge in [0.2, 0.25) is 0 Å². The molecular weight excluding hydrogens is 893 g/mol. The normalized spacial score (nSPS) is 11.0. The minimum absolute atomic E-state index is 0.0562. The molecule has 12 aromatic carbocycles. The molecule has 0 atom stereocenters. The Morgan fingerprint density at radius 2 is 0.405 bits per heavy atom. The smallest absolute Gasteiger partial charge is 0.193 e. The van der Waals surface area contributed by atoms with Crippen molar-refractivity contribution in [2.45, 2.75) is 0 Å². The summed E-state index contributed by atoms with van der Waals surface area (Å²) in [6, 6.07) is 107. The molecule has 0 unspecified atom stereocenters. The third kappa shape index (κ3) is 9.71. The van der Waals surface area contributed by atoms with E-state index in [1.807, 2.05) is 12.1 Å². The molecule has 0 aliphatic carbocycles. The van der Waals surface area contributed by atoms with Gasteiger partial charge in [0.1, 0.15) is 0 Å². The van der Waals surface area contributed by atoms with Gasteiger partial charge in [0.15, 0.2) is 5.78 Å². The van der Waals surface area contributed by atoms with Crippen LogP contribution in [0.5, 0.6) is 0 Å². The van der Waals surface area contributed by atoms with Gasteiger partial charge in [-0.2, -0.15) is 0 Å². The van der Waals surface area contributed by atoms with Crippen molar-refractivity contribution in [3.63, 3.8) is 0 Å². The Morgan fingerprint density at radius 1 is 0.162 bits per heavy atom. The molecule has 0 heterocycles. The summed E-state index contributed by atoms with van der Waals surface area (Å²) in [5.41, 5.74) is 22.6. The van der Waals surface area contributed by atoms with Crippen LogP contribution < -0.4 is 0 Å².